The lowest BCUT2D eigenvalue weighted by Gasteiger charge is -2.16. The van der Waals surface area contributed by atoms with E-state index in [0.717, 1.165) is 5.56 Å². The Morgan fingerprint density at radius 3 is 1.92 bits per heavy atom. The summed E-state index contributed by atoms with van der Waals surface area (Å²) in [5.41, 5.74) is 2.50. The molecule has 1 amide bonds. The van der Waals surface area contributed by atoms with Crippen molar-refractivity contribution in [1.29, 1.82) is 0 Å². The molecule has 2 aromatic carbocycles. The fourth-order valence-corrected chi connectivity index (χ4v) is 2.19. The number of amides is 1. The van der Waals surface area contributed by atoms with Gasteiger partial charge in [0.1, 0.15) is 0 Å². The molecule has 0 atom stereocenters. The first-order valence-electron chi connectivity index (χ1n) is 8.15. The third kappa shape index (κ3) is 5.60. The van der Waals surface area contributed by atoms with Crippen LogP contribution in [0.2, 0.25) is 0 Å². The Kier molecular flexibility index (Phi) is 11.5. The van der Waals surface area contributed by atoms with Gasteiger partial charge in [0.2, 0.25) is 0 Å². The molecule has 3 rings (SSSR count). The predicted molar refractivity (Wildman–Crippen MR) is 106 cm³/mol. The molecule has 1 aliphatic rings. The molecule has 2 aromatic rings. The molecule has 24 heavy (non-hydrogen) atoms. The normalized spacial score (nSPS) is 11.2. The average molecular weight is 392 g/mol. The van der Waals surface area contributed by atoms with Gasteiger partial charge < -0.3 is 5.32 Å². The van der Waals surface area contributed by atoms with E-state index in [1.165, 1.54) is 0 Å². The number of ketones is 1. The Morgan fingerprint density at radius 1 is 0.792 bits per heavy atom. The molecule has 0 fully saturated rings. The van der Waals surface area contributed by atoms with E-state index in [2.05, 4.69) is 21.2 Å². The Labute approximate surface area is 153 Å². The Bertz CT molecular complexity index is 596. The molecule has 0 aromatic heterocycles. The number of benzene rings is 2. The highest BCUT2D eigenvalue weighted by atomic mass is 79.9. The number of halogens is 1. The summed E-state index contributed by atoms with van der Waals surface area (Å²) in [7, 11) is 0. The van der Waals surface area contributed by atoms with Crippen LogP contribution in [0.5, 0.6) is 0 Å². The van der Waals surface area contributed by atoms with E-state index in [0.29, 0.717) is 16.8 Å². The zero-order valence-electron chi connectivity index (χ0n) is 15.0. The molecule has 1 aliphatic heterocycles. The second-order valence-electron chi connectivity index (χ2n) is 4.26. The zero-order chi connectivity index (χ0) is 18.5. The maximum atomic E-state index is 12.2. The summed E-state index contributed by atoms with van der Waals surface area (Å²) in [4.78, 5) is 24.3. The van der Waals surface area contributed by atoms with Crippen LogP contribution in [0.4, 0.5) is 5.69 Å². The second kappa shape index (κ2) is 12.5. The van der Waals surface area contributed by atoms with Gasteiger partial charge in [-0.3, -0.25) is 9.59 Å². The van der Waals surface area contributed by atoms with Crippen molar-refractivity contribution in [1.82, 2.24) is 0 Å². The number of carbonyl (C=O) groups excluding carboxylic acids is 2. The van der Waals surface area contributed by atoms with E-state index < -0.39 is 0 Å². The topological polar surface area (TPSA) is 46.2 Å². The Balaban J connectivity index is 0.000000798. The van der Waals surface area contributed by atoms with Gasteiger partial charge in [0.25, 0.3) is 5.91 Å². The van der Waals surface area contributed by atoms with Gasteiger partial charge in [-0.1, -0.05) is 74.0 Å². The molecule has 0 saturated carbocycles. The summed E-state index contributed by atoms with van der Waals surface area (Å²) in [5.74, 6) is 1.68. The van der Waals surface area contributed by atoms with Crippen molar-refractivity contribution in [3.05, 3.63) is 65.2 Å². The van der Waals surface area contributed by atoms with Crippen LogP contribution in [-0.4, -0.2) is 17.5 Å². The molecule has 0 aliphatic carbocycles. The summed E-state index contributed by atoms with van der Waals surface area (Å²) in [6, 6.07) is 14.3. The summed E-state index contributed by atoms with van der Waals surface area (Å²) in [6.07, 6.45) is 0.264. The number of carbonyl (C=O) groups is 2. The molecule has 0 unspecified atom stereocenters. The van der Waals surface area contributed by atoms with Crippen molar-refractivity contribution >= 4 is 33.3 Å². The van der Waals surface area contributed by atoms with Crippen molar-refractivity contribution in [3.63, 3.8) is 0 Å². The first-order chi connectivity index (χ1) is 11.8. The quantitative estimate of drug-likeness (QED) is 0.581. The van der Waals surface area contributed by atoms with Crippen LogP contribution in [0.15, 0.2) is 48.5 Å². The van der Waals surface area contributed by atoms with Gasteiger partial charge >= 0.3 is 0 Å². The minimum Gasteiger partial charge on any atom is -0.321 e. The lowest BCUT2D eigenvalue weighted by molar-refractivity contribution is 0.0989. The monoisotopic (exact) mass is 391 g/mol. The zero-order valence-corrected chi connectivity index (χ0v) is 16.6. The van der Waals surface area contributed by atoms with Crippen molar-refractivity contribution in [2.24, 2.45) is 0 Å². The molecular formula is C20H26BrNO2. The summed E-state index contributed by atoms with van der Waals surface area (Å²) < 4.78 is 0. The summed E-state index contributed by atoms with van der Waals surface area (Å²) >= 11 is 2.94. The SMILES string of the molecule is CBr.CC.CC.O=C1Nc2ccccc2C(=O)Cc2ccccc21. The number of alkyl halides is 1. The summed E-state index contributed by atoms with van der Waals surface area (Å²) in [5, 5.41) is 2.79. The smallest absolute Gasteiger partial charge is 0.255 e. The third-order valence-electron chi connectivity index (χ3n) is 3.09. The molecule has 0 saturated heterocycles. The average Bonchev–Trinajstić information content (AvgIpc) is 2.66. The van der Waals surface area contributed by atoms with Crippen molar-refractivity contribution in [2.45, 2.75) is 34.1 Å². The van der Waals surface area contributed by atoms with Gasteiger partial charge in [-0.15, -0.1) is 0 Å². The first-order valence-corrected chi connectivity index (χ1v) is 9.73. The van der Waals surface area contributed by atoms with Crippen LogP contribution < -0.4 is 5.32 Å². The lowest BCUT2D eigenvalue weighted by atomic mass is 9.95. The Hall–Kier alpha value is -1.94. The van der Waals surface area contributed by atoms with Crippen molar-refractivity contribution < 1.29 is 9.59 Å². The minimum absolute atomic E-state index is 0.0260. The van der Waals surface area contributed by atoms with Gasteiger partial charge in [-0.2, -0.15) is 0 Å². The number of nitrogens with one attached hydrogen (secondary N) is 1. The number of fused-ring (bicyclic) bond motifs is 2. The molecule has 1 N–H and O–H groups in total. The highest BCUT2D eigenvalue weighted by Gasteiger charge is 2.21. The van der Waals surface area contributed by atoms with E-state index in [-0.39, 0.29) is 18.1 Å². The molecular weight excluding hydrogens is 366 g/mol. The fourth-order valence-electron chi connectivity index (χ4n) is 2.19. The number of para-hydroxylation sites is 1. The molecule has 0 bridgehead atoms. The first kappa shape index (κ1) is 22.1. The van der Waals surface area contributed by atoms with Gasteiger partial charge in [0, 0.05) is 17.5 Å². The van der Waals surface area contributed by atoms with Crippen LogP contribution in [0.1, 0.15) is 54.0 Å². The second-order valence-corrected chi connectivity index (χ2v) is 4.26. The predicted octanol–water partition coefficient (Wildman–Crippen LogP) is 5.74. The van der Waals surface area contributed by atoms with Gasteiger partial charge in [0.15, 0.2) is 5.78 Å². The molecule has 3 nitrogen and oxygen atoms in total. The van der Waals surface area contributed by atoms with Crippen molar-refractivity contribution in [3.8, 4) is 0 Å². The highest BCUT2D eigenvalue weighted by Crippen LogP contribution is 2.23. The van der Waals surface area contributed by atoms with E-state index >= 15 is 0 Å². The van der Waals surface area contributed by atoms with Gasteiger partial charge in [-0.05, 0) is 29.6 Å². The molecule has 4 heteroatoms. The van der Waals surface area contributed by atoms with E-state index in [9.17, 15) is 9.59 Å². The molecule has 1 heterocycles. The van der Waals surface area contributed by atoms with Crippen LogP contribution >= 0.6 is 15.9 Å². The van der Waals surface area contributed by atoms with Crippen LogP contribution in [-0.2, 0) is 6.42 Å². The number of anilines is 1. The lowest BCUT2D eigenvalue weighted by Crippen LogP contribution is -2.21. The van der Waals surface area contributed by atoms with Gasteiger partial charge in [0.05, 0.1) is 5.69 Å². The van der Waals surface area contributed by atoms with Crippen LogP contribution in [0, 0.1) is 0 Å². The van der Waals surface area contributed by atoms with Crippen LogP contribution in [0.25, 0.3) is 0 Å². The molecule has 0 radical (unpaired) electrons. The fraction of sp³-hybridized carbons (Fsp3) is 0.300. The number of rotatable bonds is 0. The number of hydrogen-bond acceptors (Lipinski definition) is 2. The van der Waals surface area contributed by atoms with E-state index in [4.69, 9.17) is 0 Å². The van der Waals surface area contributed by atoms with Crippen molar-refractivity contribution in [2.75, 3.05) is 11.1 Å². The number of hydrogen-bond donors (Lipinski definition) is 1. The Morgan fingerprint density at radius 2 is 1.29 bits per heavy atom. The number of Topliss-reactive ketones (excluding diaryl/α,β-unsaturated/α-hetero) is 1. The van der Waals surface area contributed by atoms with Gasteiger partial charge in [-0.25, -0.2) is 0 Å². The molecule has 130 valence electrons. The highest BCUT2D eigenvalue weighted by molar-refractivity contribution is 9.08. The third-order valence-corrected chi connectivity index (χ3v) is 3.09. The standard InChI is InChI=1S/C15H11NO2.2C2H6.CH3Br/c17-14-9-10-5-1-2-6-11(10)15(18)16-13-8-4-3-7-12(13)14;3*1-2/h1-8H,9H2,(H,16,18);2*1-2H3;1H3. The van der Waals surface area contributed by atoms with Crippen LogP contribution in [0.3, 0.4) is 0 Å². The van der Waals surface area contributed by atoms with E-state index in [1.54, 1.807) is 36.4 Å². The van der Waals surface area contributed by atoms with E-state index in [1.807, 2.05) is 45.7 Å². The maximum absolute atomic E-state index is 12.2. The summed E-state index contributed by atoms with van der Waals surface area (Å²) in [6.45, 7) is 8.00. The maximum Gasteiger partial charge on any atom is 0.255 e. The molecule has 0 spiro atoms. The largest absolute Gasteiger partial charge is 0.321 e. The minimum atomic E-state index is -0.162.